The fourth-order valence-corrected chi connectivity index (χ4v) is 4.38. The zero-order valence-corrected chi connectivity index (χ0v) is 24.9. The predicted molar refractivity (Wildman–Crippen MR) is 152 cm³/mol. The van der Waals surface area contributed by atoms with Crippen LogP contribution in [-0.4, -0.2) is 81.3 Å². The summed E-state index contributed by atoms with van der Waals surface area (Å²) in [6.07, 6.45) is 13.5. The van der Waals surface area contributed by atoms with Gasteiger partial charge in [0.1, 0.15) is 5.60 Å². The Morgan fingerprint density at radius 3 is 1.80 bits per heavy atom. The predicted octanol–water partition coefficient (Wildman–Crippen LogP) is 4.12. The summed E-state index contributed by atoms with van der Waals surface area (Å²) >= 11 is 0. The van der Waals surface area contributed by atoms with Crippen molar-refractivity contribution in [3.05, 3.63) is 35.1 Å². The van der Waals surface area contributed by atoms with Gasteiger partial charge in [-0.1, -0.05) is 19.6 Å². The molecule has 234 valence electrons. The van der Waals surface area contributed by atoms with Crippen LogP contribution >= 0.6 is 0 Å². The number of aliphatic hydroxyl groups is 1. The molecule has 2 atom stereocenters. The molecule has 0 aromatic carbocycles. The van der Waals surface area contributed by atoms with Crippen LogP contribution in [0.4, 0.5) is 0 Å². The second-order valence-corrected chi connectivity index (χ2v) is 9.74. The van der Waals surface area contributed by atoms with E-state index in [4.69, 9.17) is 4.74 Å². The third kappa shape index (κ3) is 9.59. The molecule has 3 aliphatic rings. The van der Waals surface area contributed by atoms with Crippen molar-refractivity contribution >= 4 is 23.5 Å². The third-order valence-corrected chi connectivity index (χ3v) is 7.18. The lowest BCUT2D eigenvalue weighted by atomic mass is 9.84. The molecule has 1 heterocycles. The number of carbonyl (C=O) groups excluding carboxylic acids is 4. The summed E-state index contributed by atoms with van der Waals surface area (Å²) in [7, 11) is 6.33. The summed E-state index contributed by atoms with van der Waals surface area (Å²) in [4.78, 5) is 45.3. The van der Waals surface area contributed by atoms with E-state index in [1.165, 1.54) is 55.0 Å². The molecule has 0 aromatic heterocycles. The van der Waals surface area contributed by atoms with Crippen LogP contribution in [0, 0.1) is 0 Å². The number of rotatable bonds is 8. The molecule has 0 spiro atoms. The SMILES string of the molecule is C.CC(=O)C(C)(O)C1=CCCCC1.COC(=O)C(OC)(OC)OC.COC(=O)C1=CC(=O)C(C)(C2=CCCCC2)O1. The lowest BCUT2D eigenvalue weighted by Gasteiger charge is -2.28. The van der Waals surface area contributed by atoms with E-state index in [0.29, 0.717) is 0 Å². The molecule has 41 heavy (non-hydrogen) atoms. The summed E-state index contributed by atoms with van der Waals surface area (Å²) in [5, 5.41) is 9.80. The smallest absolute Gasteiger partial charge is 0.397 e. The maximum Gasteiger partial charge on any atom is 0.397 e. The normalized spacial score (nSPS) is 21.4. The lowest BCUT2D eigenvalue weighted by Crippen LogP contribution is -2.45. The van der Waals surface area contributed by atoms with Crippen LogP contribution in [0.1, 0.15) is 79.6 Å². The van der Waals surface area contributed by atoms with Crippen LogP contribution in [0.2, 0.25) is 0 Å². The van der Waals surface area contributed by atoms with E-state index in [1.807, 2.05) is 6.08 Å². The van der Waals surface area contributed by atoms with Crippen LogP contribution in [0.5, 0.6) is 0 Å². The molecule has 11 nitrogen and oxygen atoms in total. The molecule has 0 saturated heterocycles. The number of methoxy groups -OCH3 is 5. The van der Waals surface area contributed by atoms with Crippen molar-refractivity contribution in [3.63, 3.8) is 0 Å². The Hall–Kier alpha value is -2.86. The van der Waals surface area contributed by atoms with Gasteiger partial charge in [0.25, 0.3) is 0 Å². The van der Waals surface area contributed by atoms with E-state index in [9.17, 15) is 24.3 Å². The highest BCUT2D eigenvalue weighted by atomic mass is 16.9. The number of Topliss-reactive ketones (excluding diaryl/α,β-unsaturated/α-hetero) is 1. The van der Waals surface area contributed by atoms with Crippen molar-refractivity contribution in [1.29, 1.82) is 0 Å². The minimum Gasteiger partial charge on any atom is -0.467 e. The molecule has 1 N–H and O–H groups in total. The molecule has 0 amide bonds. The van der Waals surface area contributed by atoms with Gasteiger partial charge in [0.15, 0.2) is 11.4 Å². The first-order chi connectivity index (χ1) is 18.8. The van der Waals surface area contributed by atoms with Gasteiger partial charge in [-0.3, -0.25) is 9.59 Å². The maximum absolute atomic E-state index is 12.0. The average molecular weight is 585 g/mol. The van der Waals surface area contributed by atoms with E-state index >= 15 is 0 Å². The number of ether oxygens (including phenoxy) is 6. The van der Waals surface area contributed by atoms with Crippen molar-refractivity contribution in [3.8, 4) is 0 Å². The topological polar surface area (TPSA) is 144 Å². The molecule has 0 fully saturated rings. The first kappa shape index (κ1) is 38.1. The molecular weight excluding hydrogens is 536 g/mol. The summed E-state index contributed by atoms with van der Waals surface area (Å²) in [6.45, 7) is 4.75. The number of esters is 2. The van der Waals surface area contributed by atoms with E-state index in [1.54, 1.807) is 13.8 Å². The molecule has 0 bridgehead atoms. The zero-order valence-electron chi connectivity index (χ0n) is 24.9. The van der Waals surface area contributed by atoms with Gasteiger partial charge in [-0.2, -0.15) is 0 Å². The highest BCUT2D eigenvalue weighted by molar-refractivity contribution is 6.07. The van der Waals surface area contributed by atoms with Gasteiger partial charge in [-0.25, -0.2) is 9.59 Å². The zero-order chi connectivity index (χ0) is 30.6. The monoisotopic (exact) mass is 584 g/mol. The minimum absolute atomic E-state index is 0. The summed E-state index contributed by atoms with van der Waals surface area (Å²) in [5.74, 6) is -3.38. The van der Waals surface area contributed by atoms with E-state index in [0.717, 1.165) is 56.1 Å². The Bertz CT molecular complexity index is 994. The van der Waals surface area contributed by atoms with E-state index < -0.39 is 29.1 Å². The van der Waals surface area contributed by atoms with Crippen molar-refractivity contribution in [2.75, 3.05) is 35.5 Å². The van der Waals surface area contributed by atoms with Crippen molar-refractivity contribution in [2.45, 2.75) is 96.7 Å². The molecule has 0 aromatic rings. The number of hydrogen-bond acceptors (Lipinski definition) is 11. The number of carbonyl (C=O) groups is 4. The van der Waals surface area contributed by atoms with Gasteiger partial charge < -0.3 is 33.5 Å². The molecule has 0 saturated carbocycles. The number of ketones is 2. The van der Waals surface area contributed by atoms with Gasteiger partial charge in [-0.05, 0) is 83.3 Å². The first-order valence-corrected chi connectivity index (χ1v) is 13.2. The van der Waals surface area contributed by atoms with Crippen LogP contribution in [0.3, 0.4) is 0 Å². The molecule has 1 aliphatic heterocycles. The van der Waals surface area contributed by atoms with Gasteiger partial charge in [0.2, 0.25) is 11.5 Å². The Labute approximate surface area is 243 Å². The second kappa shape index (κ2) is 17.2. The molecular formula is C30H48O11. The van der Waals surface area contributed by atoms with Gasteiger partial charge in [0.05, 0.1) is 14.2 Å². The Morgan fingerprint density at radius 1 is 0.902 bits per heavy atom. The summed E-state index contributed by atoms with van der Waals surface area (Å²) in [5.41, 5.74) is -0.324. The van der Waals surface area contributed by atoms with E-state index in [-0.39, 0.29) is 24.8 Å². The minimum atomic E-state index is -1.73. The highest BCUT2D eigenvalue weighted by Gasteiger charge is 2.45. The molecule has 0 radical (unpaired) electrons. The molecule has 11 heteroatoms. The third-order valence-electron chi connectivity index (χ3n) is 7.18. The van der Waals surface area contributed by atoms with Gasteiger partial charge in [-0.15, -0.1) is 0 Å². The number of hydrogen-bond donors (Lipinski definition) is 1. The largest absolute Gasteiger partial charge is 0.467 e. The quantitative estimate of drug-likeness (QED) is 0.250. The van der Waals surface area contributed by atoms with Crippen molar-refractivity contribution in [1.82, 2.24) is 0 Å². The van der Waals surface area contributed by atoms with E-state index in [2.05, 4.69) is 29.8 Å². The van der Waals surface area contributed by atoms with Gasteiger partial charge >= 0.3 is 17.9 Å². The van der Waals surface area contributed by atoms with Crippen LogP contribution in [0.25, 0.3) is 0 Å². The standard InChI is InChI=1S/C13H16O4.C10H16O2.C6H12O5.CH4/c1-13(9-6-4-3-5-7-9)11(14)8-10(17-13)12(15)16-2;1-8(11)10(2,12)9-6-4-3-5-7-9;1-8-5(7)6(9-2,10-3)11-4;/h6,8H,3-5,7H2,1-2H3;6,12H,3-5,7H2,1-2H3;1-4H3;1H4. The van der Waals surface area contributed by atoms with Crippen LogP contribution in [0.15, 0.2) is 35.1 Å². The lowest BCUT2D eigenvalue weighted by molar-refractivity contribution is -0.337. The molecule has 3 rings (SSSR count). The fourth-order valence-electron chi connectivity index (χ4n) is 4.38. The Morgan fingerprint density at radius 2 is 1.44 bits per heavy atom. The van der Waals surface area contributed by atoms with Gasteiger partial charge in [0, 0.05) is 27.4 Å². The molecule has 2 unspecified atom stereocenters. The molecule has 2 aliphatic carbocycles. The average Bonchev–Trinajstić information content (AvgIpc) is 3.30. The van der Waals surface area contributed by atoms with Crippen molar-refractivity contribution < 1.29 is 52.7 Å². The Kier molecular flexibility index (Phi) is 16.0. The number of allylic oxidation sites excluding steroid dienone is 2. The first-order valence-electron chi connectivity index (χ1n) is 13.2. The highest BCUT2D eigenvalue weighted by Crippen LogP contribution is 2.37. The maximum atomic E-state index is 12.0. The van der Waals surface area contributed by atoms with Crippen LogP contribution < -0.4 is 0 Å². The fraction of sp³-hybridized carbons (Fsp3) is 0.667. The Balaban J connectivity index is 0.000000599. The second-order valence-electron chi connectivity index (χ2n) is 9.74. The summed E-state index contributed by atoms with van der Waals surface area (Å²) in [6, 6.07) is 0. The van der Waals surface area contributed by atoms with Crippen LogP contribution in [-0.2, 0) is 47.6 Å². The summed E-state index contributed by atoms with van der Waals surface area (Å²) < 4.78 is 28.5. The van der Waals surface area contributed by atoms with Crippen molar-refractivity contribution in [2.24, 2.45) is 0 Å².